The molecule has 0 aliphatic heterocycles. The molecule has 0 bridgehead atoms. The summed E-state index contributed by atoms with van der Waals surface area (Å²) in [5.41, 5.74) is 1.34. The summed E-state index contributed by atoms with van der Waals surface area (Å²) in [7, 11) is 0. The second kappa shape index (κ2) is 6.26. The molecule has 1 aromatic heterocycles. The Bertz CT molecular complexity index is 943. The SMILES string of the molecule is Cc1cccc(OC(=O)c2cc3cc(CCl)ccc3oc2=O)c1. The average Bonchev–Trinajstić information content (AvgIpc) is 2.53. The van der Waals surface area contributed by atoms with Crippen molar-refractivity contribution in [2.24, 2.45) is 0 Å². The predicted octanol–water partition coefficient (Wildman–Crippen LogP) is 4.06. The fourth-order valence-corrected chi connectivity index (χ4v) is 2.41. The van der Waals surface area contributed by atoms with Crippen LogP contribution in [0.3, 0.4) is 0 Å². The maximum atomic E-state index is 12.2. The first-order valence-electron chi connectivity index (χ1n) is 6.98. The van der Waals surface area contributed by atoms with Crippen molar-refractivity contribution >= 4 is 28.5 Å². The fraction of sp³-hybridized carbons (Fsp3) is 0.111. The topological polar surface area (TPSA) is 56.5 Å². The van der Waals surface area contributed by atoms with Gasteiger partial charge in [0.05, 0.1) is 0 Å². The number of esters is 1. The highest BCUT2D eigenvalue weighted by molar-refractivity contribution is 6.17. The zero-order valence-corrected chi connectivity index (χ0v) is 13.1. The van der Waals surface area contributed by atoms with Crippen molar-refractivity contribution in [2.45, 2.75) is 12.8 Å². The number of benzene rings is 2. The van der Waals surface area contributed by atoms with Crippen LogP contribution in [0.4, 0.5) is 0 Å². The number of alkyl halides is 1. The standard InChI is InChI=1S/C18H13ClO4/c1-11-3-2-4-14(7-11)22-17(20)15-9-13-8-12(10-19)5-6-16(13)23-18(15)21/h2-9H,10H2,1H3. The van der Waals surface area contributed by atoms with Crippen LogP contribution in [0.15, 0.2) is 57.7 Å². The van der Waals surface area contributed by atoms with Crippen molar-refractivity contribution in [1.29, 1.82) is 0 Å². The molecule has 0 amide bonds. The lowest BCUT2D eigenvalue weighted by Gasteiger charge is -2.05. The van der Waals surface area contributed by atoms with Crippen molar-refractivity contribution in [1.82, 2.24) is 0 Å². The zero-order valence-electron chi connectivity index (χ0n) is 12.3. The molecule has 0 spiro atoms. The molecule has 0 aliphatic rings. The molecule has 3 rings (SSSR count). The summed E-state index contributed by atoms with van der Waals surface area (Å²) in [6.07, 6.45) is 0. The number of carbonyl (C=O) groups is 1. The first-order chi connectivity index (χ1) is 11.1. The number of ether oxygens (including phenoxy) is 1. The van der Waals surface area contributed by atoms with Crippen molar-refractivity contribution in [3.05, 3.63) is 75.6 Å². The molecule has 0 unspecified atom stereocenters. The predicted molar refractivity (Wildman–Crippen MR) is 88.2 cm³/mol. The number of hydrogen-bond donors (Lipinski definition) is 0. The van der Waals surface area contributed by atoms with Gasteiger partial charge in [0, 0.05) is 11.3 Å². The van der Waals surface area contributed by atoms with Gasteiger partial charge in [-0.05, 0) is 48.4 Å². The van der Waals surface area contributed by atoms with Crippen molar-refractivity contribution < 1.29 is 13.9 Å². The Kier molecular flexibility index (Phi) is 4.17. The van der Waals surface area contributed by atoms with Crippen LogP contribution in [0.5, 0.6) is 5.75 Å². The van der Waals surface area contributed by atoms with E-state index < -0.39 is 11.6 Å². The van der Waals surface area contributed by atoms with Crippen molar-refractivity contribution in [2.75, 3.05) is 0 Å². The van der Waals surface area contributed by atoms with E-state index in [1.54, 1.807) is 36.4 Å². The Hall–Kier alpha value is -2.59. The van der Waals surface area contributed by atoms with E-state index in [0.29, 0.717) is 22.6 Å². The smallest absolute Gasteiger partial charge is 0.351 e. The molecular weight excluding hydrogens is 316 g/mol. The monoisotopic (exact) mass is 328 g/mol. The minimum atomic E-state index is -0.748. The second-order valence-electron chi connectivity index (χ2n) is 5.16. The summed E-state index contributed by atoms with van der Waals surface area (Å²) < 4.78 is 10.4. The van der Waals surface area contributed by atoms with E-state index in [0.717, 1.165) is 11.1 Å². The van der Waals surface area contributed by atoms with E-state index in [1.165, 1.54) is 6.07 Å². The molecule has 2 aromatic carbocycles. The second-order valence-corrected chi connectivity index (χ2v) is 5.43. The van der Waals surface area contributed by atoms with Crippen LogP contribution in [0.2, 0.25) is 0 Å². The molecule has 0 N–H and O–H groups in total. The molecule has 0 saturated heterocycles. The van der Waals surface area contributed by atoms with Gasteiger partial charge in [0.2, 0.25) is 0 Å². The number of hydrogen-bond acceptors (Lipinski definition) is 4. The molecule has 0 saturated carbocycles. The Morgan fingerprint density at radius 2 is 2.00 bits per heavy atom. The molecule has 23 heavy (non-hydrogen) atoms. The van der Waals surface area contributed by atoms with E-state index in [1.807, 2.05) is 13.0 Å². The van der Waals surface area contributed by atoms with Gasteiger partial charge in [-0.25, -0.2) is 9.59 Å². The number of carbonyl (C=O) groups excluding carboxylic acids is 1. The molecule has 5 heteroatoms. The normalized spacial score (nSPS) is 10.7. The maximum absolute atomic E-state index is 12.2. The first kappa shape index (κ1) is 15.3. The summed E-state index contributed by atoms with van der Waals surface area (Å²) >= 11 is 5.80. The van der Waals surface area contributed by atoms with Crippen molar-refractivity contribution in [3.63, 3.8) is 0 Å². The molecule has 0 radical (unpaired) electrons. The van der Waals surface area contributed by atoms with Gasteiger partial charge >= 0.3 is 11.6 Å². The summed E-state index contributed by atoms with van der Waals surface area (Å²) in [4.78, 5) is 24.2. The highest BCUT2D eigenvalue weighted by atomic mass is 35.5. The highest BCUT2D eigenvalue weighted by Gasteiger charge is 2.16. The Balaban J connectivity index is 1.99. The lowest BCUT2D eigenvalue weighted by Crippen LogP contribution is -2.18. The van der Waals surface area contributed by atoms with E-state index in [4.69, 9.17) is 20.8 Å². The minimum Gasteiger partial charge on any atom is -0.423 e. The number of aryl methyl sites for hydroxylation is 1. The summed E-state index contributed by atoms with van der Waals surface area (Å²) in [5.74, 6) is -0.0375. The molecule has 3 aromatic rings. The van der Waals surface area contributed by atoms with Crippen LogP contribution in [-0.4, -0.2) is 5.97 Å². The third-order valence-electron chi connectivity index (χ3n) is 3.37. The summed E-state index contributed by atoms with van der Waals surface area (Å²) in [5, 5.41) is 0.624. The van der Waals surface area contributed by atoms with E-state index in [-0.39, 0.29) is 5.56 Å². The van der Waals surface area contributed by atoms with Gasteiger partial charge in [0.15, 0.2) is 0 Å². The van der Waals surface area contributed by atoms with Crippen LogP contribution in [-0.2, 0) is 5.88 Å². The van der Waals surface area contributed by atoms with Crippen LogP contribution in [0.25, 0.3) is 11.0 Å². The Labute approximate surface area is 137 Å². The average molecular weight is 329 g/mol. The van der Waals surface area contributed by atoms with E-state index in [2.05, 4.69) is 0 Å². The molecule has 116 valence electrons. The zero-order chi connectivity index (χ0) is 16.4. The van der Waals surface area contributed by atoms with Crippen molar-refractivity contribution in [3.8, 4) is 5.75 Å². The van der Waals surface area contributed by atoms with E-state index in [9.17, 15) is 9.59 Å². The minimum absolute atomic E-state index is 0.147. The van der Waals surface area contributed by atoms with Gasteiger partial charge in [0.25, 0.3) is 0 Å². The molecule has 0 fully saturated rings. The third kappa shape index (κ3) is 3.27. The fourth-order valence-electron chi connectivity index (χ4n) is 2.24. The number of rotatable bonds is 3. The quantitative estimate of drug-likeness (QED) is 0.315. The lowest BCUT2D eigenvalue weighted by atomic mass is 10.1. The van der Waals surface area contributed by atoms with Crippen LogP contribution in [0.1, 0.15) is 21.5 Å². The number of halogens is 1. The van der Waals surface area contributed by atoms with Crippen LogP contribution >= 0.6 is 11.6 Å². The molecule has 0 atom stereocenters. The Morgan fingerprint density at radius 1 is 1.17 bits per heavy atom. The Morgan fingerprint density at radius 3 is 2.74 bits per heavy atom. The maximum Gasteiger partial charge on any atom is 0.351 e. The molecule has 1 heterocycles. The lowest BCUT2D eigenvalue weighted by molar-refractivity contribution is 0.0730. The van der Waals surface area contributed by atoms with Crippen LogP contribution in [0, 0.1) is 6.92 Å². The summed E-state index contributed by atoms with van der Waals surface area (Å²) in [6.45, 7) is 1.88. The van der Waals surface area contributed by atoms with Gasteiger partial charge in [-0.15, -0.1) is 11.6 Å². The highest BCUT2D eigenvalue weighted by Crippen LogP contribution is 2.19. The van der Waals surface area contributed by atoms with Crippen LogP contribution < -0.4 is 10.4 Å². The third-order valence-corrected chi connectivity index (χ3v) is 3.68. The van der Waals surface area contributed by atoms with Gasteiger partial charge in [0.1, 0.15) is 16.9 Å². The van der Waals surface area contributed by atoms with Gasteiger partial charge in [-0.3, -0.25) is 0 Å². The molecule has 0 aliphatic carbocycles. The summed E-state index contributed by atoms with van der Waals surface area (Å²) in [6, 6.07) is 13.7. The van der Waals surface area contributed by atoms with Gasteiger partial charge < -0.3 is 9.15 Å². The molecular formula is C18H13ClO4. The van der Waals surface area contributed by atoms with Gasteiger partial charge in [-0.1, -0.05) is 18.2 Å². The molecule has 4 nitrogen and oxygen atoms in total. The first-order valence-corrected chi connectivity index (χ1v) is 7.52. The largest absolute Gasteiger partial charge is 0.423 e. The van der Waals surface area contributed by atoms with E-state index >= 15 is 0 Å². The number of fused-ring (bicyclic) bond motifs is 1. The van der Waals surface area contributed by atoms with Gasteiger partial charge in [-0.2, -0.15) is 0 Å².